The zero-order valence-corrected chi connectivity index (χ0v) is 14.0. The second-order valence-corrected chi connectivity index (χ2v) is 5.31. The molecule has 0 unspecified atom stereocenters. The van der Waals surface area contributed by atoms with Crippen LogP contribution in [0.2, 0.25) is 0 Å². The van der Waals surface area contributed by atoms with Crippen LogP contribution in [0.1, 0.15) is 12.8 Å². The van der Waals surface area contributed by atoms with Crippen LogP contribution in [-0.2, 0) is 9.47 Å². The van der Waals surface area contributed by atoms with Gasteiger partial charge in [-0.3, -0.25) is 0 Å². The van der Waals surface area contributed by atoms with E-state index >= 15 is 0 Å². The number of nitrogens with one attached hydrogen (secondary N) is 1. The molecule has 0 spiro atoms. The standard InChI is InChI=1S/C16H24N2O5/c1-20-13-6-5-12(11-14(13)21-2)17-15(19)18-9-7-16(22-3,23-4)8-10-18/h5-6,11H,7-10H2,1-4H3,(H,17,19). The Morgan fingerprint density at radius 1 is 1.04 bits per heavy atom. The van der Waals surface area contributed by atoms with Crippen LogP contribution in [0, 0.1) is 0 Å². The Hall–Kier alpha value is -1.99. The summed E-state index contributed by atoms with van der Waals surface area (Å²) in [6.45, 7) is 1.14. The molecule has 0 bridgehead atoms. The molecule has 1 aliphatic heterocycles. The highest BCUT2D eigenvalue weighted by Crippen LogP contribution is 2.30. The fraction of sp³-hybridized carbons (Fsp3) is 0.562. The molecule has 0 atom stereocenters. The number of benzene rings is 1. The third-order valence-electron chi connectivity index (χ3n) is 4.19. The van der Waals surface area contributed by atoms with Crippen molar-refractivity contribution >= 4 is 11.7 Å². The molecule has 1 aromatic carbocycles. The SMILES string of the molecule is COc1ccc(NC(=O)N2CCC(OC)(OC)CC2)cc1OC. The molecule has 1 aliphatic rings. The molecule has 1 heterocycles. The van der Waals surface area contributed by atoms with Crippen molar-refractivity contribution in [3.63, 3.8) is 0 Å². The van der Waals surface area contributed by atoms with Crippen LogP contribution < -0.4 is 14.8 Å². The van der Waals surface area contributed by atoms with Gasteiger partial charge in [-0.05, 0) is 12.1 Å². The number of methoxy groups -OCH3 is 4. The minimum Gasteiger partial charge on any atom is -0.493 e. The fourth-order valence-corrected chi connectivity index (χ4v) is 2.66. The number of amides is 2. The van der Waals surface area contributed by atoms with Crippen LogP contribution in [-0.4, -0.2) is 58.2 Å². The topological polar surface area (TPSA) is 69.3 Å². The molecule has 1 fully saturated rings. The first kappa shape index (κ1) is 17.4. The minimum atomic E-state index is -0.583. The van der Waals surface area contributed by atoms with Gasteiger partial charge in [0.1, 0.15) is 0 Å². The van der Waals surface area contributed by atoms with E-state index in [1.54, 1.807) is 51.5 Å². The number of nitrogens with zero attached hydrogens (tertiary/aromatic N) is 1. The van der Waals surface area contributed by atoms with Crippen LogP contribution in [0.15, 0.2) is 18.2 Å². The van der Waals surface area contributed by atoms with Crippen molar-refractivity contribution in [2.24, 2.45) is 0 Å². The Morgan fingerprint density at radius 2 is 1.65 bits per heavy atom. The number of hydrogen-bond acceptors (Lipinski definition) is 5. The summed E-state index contributed by atoms with van der Waals surface area (Å²) < 4.78 is 21.3. The number of urea groups is 1. The zero-order valence-electron chi connectivity index (χ0n) is 14.0. The molecule has 2 rings (SSSR count). The van der Waals surface area contributed by atoms with Crippen molar-refractivity contribution in [2.45, 2.75) is 18.6 Å². The van der Waals surface area contributed by atoms with Gasteiger partial charge in [0.25, 0.3) is 0 Å². The first-order valence-corrected chi connectivity index (χ1v) is 7.45. The Bertz CT molecular complexity index is 535. The van der Waals surface area contributed by atoms with Crippen molar-refractivity contribution in [1.82, 2.24) is 4.90 Å². The third kappa shape index (κ3) is 3.86. The smallest absolute Gasteiger partial charge is 0.321 e. The molecule has 1 aromatic rings. The van der Waals surface area contributed by atoms with Crippen LogP contribution in [0.4, 0.5) is 10.5 Å². The summed E-state index contributed by atoms with van der Waals surface area (Å²) in [5.41, 5.74) is 0.656. The zero-order chi connectivity index (χ0) is 16.9. The number of piperidine rings is 1. The average Bonchev–Trinajstić information content (AvgIpc) is 2.61. The van der Waals surface area contributed by atoms with Gasteiger partial charge in [-0.15, -0.1) is 0 Å². The Balaban J connectivity index is 1.98. The Labute approximate surface area is 136 Å². The van der Waals surface area contributed by atoms with E-state index in [1.165, 1.54) is 0 Å². The number of carbonyl (C=O) groups is 1. The molecule has 23 heavy (non-hydrogen) atoms. The van der Waals surface area contributed by atoms with E-state index in [1.807, 2.05) is 0 Å². The molecule has 0 saturated carbocycles. The van der Waals surface area contributed by atoms with Crippen molar-refractivity contribution < 1.29 is 23.7 Å². The number of rotatable bonds is 5. The Morgan fingerprint density at radius 3 is 2.17 bits per heavy atom. The van der Waals surface area contributed by atoms with Crippen LogP contribution in [0.3, 0.4) is 0 Å². The third-order valence-corrected chi connectivity index (χ3v) is 4.19. The number of carbonyl (C=O) groups excluding carboxylic acids is 1. The molecular weight excluding hydrogens is 300 g/mol. The van der Waals surface area contributed by atoms with Gasteiger partial charge in [0.2, 0.25) is 0 Å². The van der Waals surface area contributed by atoms with E-state index in [0.717, 1.165) is 0 Å². The lowest BCUT2D eigenvalue weighted by Crippen LogP contribution is -2.49. The van der Waals surface area contributed by atoms with Gasteiger partial charge < -0.3 is 29.2 Å². The highest BCUT2D eigenvalue weighted by molar-refractivity contribution is 5.89. The quantitative estimate of drug-likeness (QED) is 0.842. The molecule has 0 radical (unpaired) electrons. The highest BCUT2D eigenvalue weighted by Gasteiger charge is 2.36. The molecule has 1 N–H and O–H groups in total. The van der Waals surface area contributed by atoms with Gasteiger partial charge >= 0.3 is 6.03 Å². The monoisotopic (exact) mass is 324 g/mol. The molecule has 0 aromatic heterocycles. The summed E-state index contributed by atoms with van der Waals surface area (Å²) in [4.78, 5) is 14.1. The molecule has 1 saturated heterocycles. The molecular formula is C16H24N2O5. The van der Waals surface area contributed by atoms with Crippen LogP contribution in [0.5, 0.6) is 11.5 Å². The fourth-order valence-electron chi connectivity index (χ4n) is 2.66. The van der Waals surface area contributed by atoms with Crippen LogP contribution in [0.25, 0.3) is 0 Å². The lowest BCUT2D eigenvalue weighted by molar-refractivity contribution is -0.226. The predicted octanol–water partition coefficient (Wildman–Crippen LogP) is 2.32. The van der Waals surface area contributed by atoms with Gasteiger partial charge in [-0.25, -0.2) is 4.79 Å². The van der Waals surface area contributed by atoms with Crippen molar-refractivity contribution in [1.29, 1.82) is 0 Å². The van der Waals surface area contributed by atoms with E-state index in [-0.39, 0.29) is 6.03 Å². The molecule has 2 amide bonds. The second kappa shape index (κ2) is 7.52. The second-order valence-electron chi connectivity index (χ2n) is 5.31. The highest BCUT2D eigenvalue weighted by atomic mass is 16.7. The maximum absolute atomic E-state index is 12.4. The molecule has 7 heteroatoms. The summed E-state index contributed by atoms with van der Waals surface area (Å²) in [6, 6.07) is 5.11. The van der Waals surface area contributed by atoms with Crippen molar-refractivity contribution in [3.8, 4) is 11.5 Å². The van der Waals surface area contributed by atoms with Gasteiger partial charge in [0, 0.05) is 51.9 Å². The Kier molecular flexibility index (Phi) is 5.68. The summed E-state index contributed by atoms with van der Waals surface area (Å²) in [6.07, 6.45) is 1.28. The maximum atomic E-state index is 12.4. The van der Waals surface area contributed by atoms with Gasteiger partial charge in [-0.2, -0.15) is 0 Å². The van der Waals surface area contributed by atoms with E-state index in [2.05, 4.69) is 5.32 Å². The predicted molar refractivity (Wildman–Crippen MR) is 86.1 cm³/mol. The molecule has 128 valence electrons. The lowest BCUT2D eigenvalue weighted by atomic mass is 10.0. The van der Waals surface area contributed by atoms with Gasteiger partial charge in [0.05, 0.1) is 14.2 Å². The van der Waals surface area contributed by atoms with E-state index in [9.17, 15) is 4.79 Å². The molecule has 0 aliphatic carbocycles. The summed E-state index contributed by atoms with van der Waals surface area (Å²) in [7, 11) is 6.39. The van der Waals surface area contributed by atoms with E-state index in [4.69, 9.17) is 18.9 Å². The summed E-state index contributed by atoms with van der Waals surface area (Å²) >= 11 is 0. The normalized spacial score (nSPS) is 16.8. The van der Waals surface area contributed by atoms with E-state index < -0.39 is 5.79 Å². The average molecular weight is 324 g/mol. The first-order chi connectivity index (χ1) is 11.1. The maximum Gasteiger partial charge on any atom is 0.321 e. The van der Waals surface area contributed by atoms with Gasteiger partial charge in [-0.1, -0.05) is 0 Å². The van der Waals surface area contributed by atoms with Gasteiger partial charge in [0.15, 0.2) is 17.3 Å². The number of likely N-dealkylation sites (tertiary alicyclic amines) is 1. The van der Waals surface area contributed by atoms with E-state index in [0.29, 0.717) is 43.1 Å². The van der Waals surface area contributed by atoms with Crippen molar-refractivity contribution in [2.75, 3.05) is 46.8 Å². The summed E-state index contributed by atoms with van der Waals surface area (Å²) in [5, 5.41) is 2.87. The van der Waals surface area contributed by atoms with Crippen LogP contribution >= 0.6 is 0 Å². The largest absolute Gasteiger partial charge is 0.493 e. The minimum absolute atomic E-state index is 0.155. The number of hydrogen-bond donors (Lipinski definition) is 1. The first-order valence-electron chi connectivity index (χ1n) is 7.45. The lowest BCUT2D eigenvalue weighted by Gasteiger charge is -2.39. The number of anilines is 1. The van der Waals surface area contributed by atoms with Crippen molar-refractivity contribution in [3.05, 3.63) is 18.2 Å². The summed E-state index contributed by atoms with van der Waals surface area (Å²) in [5.74, 6) is 0.607. The molecule has 7 nitrogen and oxygen atoms in total. The number of ether oxygens (including phenoxy) is 4.